The van der Waals surface area contributed by atoms with Gasteiger partial charge in [0.15, 0.2) is 0 Å². The summed E-state index contributed by atoms with van der Waals surface area (Å²) in [6, 6.07) is 5.00. The zero-order valence-corrected chi connectivity index (χ0v) is 12.2. The smallest absolute Gasteiger partial charge is 0.254 e. The van der Waals surface area contributed by atoms with Crippen LogP contribution in [0, 0.1) is 6.92 Å². The topological polar surface area (TPSA) is 40.5 Å². The quantitative estimate of drug-likeness (QED) is 0.872. The van der Waals surface area contributed by atoms with Gasteiger partial charge in [0.1, 0.15) is 5.75 Å². The molecule has 0 spiro atoms. The van der Waals surface area contributed by atoms with E-state index in [-0.39, 0.29) is 17.2 Å². The van der Waals surface area contributed by atoms with Crippen LogP contribution in [0.3, 0.4) is 0 Å². The minimum absolute atomic E-state index is 0.0807. The van der Waals surface area contributed by atoms with Crippen molar-refractivity contribution in [2.45, 2.75) is 26.3 Å². The van der Waals surface area contributed by atoms with E-state index in [1.807, 2.05) is 13.8 Å². The number of phenolic OH excluding ortho intramolecular Hbond substituents is 1. The van der Waals surface area contributed by atoms with Crippen LogP contribution in [-0.4, -0.2) is 33.8 Å². The van der Waals surface area contributed by atoms with Gasteiger partial charge in [-0.3, -0.25) is 4.79 Å². The highest BCUT2D eigenvalue weighted by Gasteiger charge is 2.28. The summed E-state index contributed by atoms with van der Waals surface area (Å²) in [6.45, 7) is 5.72. The van der Waals surface area contributed by atoms with Crippen molar-refractivity contribution < 1.29 is 9.90 Å². The molecule has 0 aliphatic rings. The van der Waals surface area contributed by atoms with Gasteiger partial charge in [0.05, 0.1) is 0 Å². The molecular formula is C13H18BrNO2. The second-order valence-electron chi connectivity index (χ2n) is 4.76. The van der Waals surface area contributed by atoms with Gasteiger partial charge in [-0.2, -0.15) is 0 Å². The van der Waals surface area contributed by atoms with E-state index in [0.29, 0.717) is 16.5 Å². The van der Waals surface area contributed by atoms with Crippen molar-refractivity contribution in [2.24, 2.45) is 0 Å². The standard InChI is InChI=1S/C13H18BrNO2/c1-9-10(6-5-7-11(9)16)12(17)15(4)13(2,3)8-14/h5-7,16H,8H2,1-4H3. The van der Waals surface area contributed by atoms with Crippen molar-refractivity contribution in [3.8, 4) is 5.75 Å². The third-order valence-electron chi connectivity index (χ3n) is 3.08. The Morgan fingerprint density at radius 2 is 2.06 bits per heavy atom. The lowest BCUT2D eigenvalue weighted by Gasteiger charge is -2.34. The molecule has 0 saturated carbocycles. The number of amides is 1. The Balaban J connectivity index is 3.09. The molecule has 0 saturated heterocycles. The molecular weight excluding hydrogens is 282 g/mol. The summed E-state index contributed by atoms with van der Waals surface area (Å²) in [6.07, 6.45) is 0. The average Bonchev–Trinajstić information content (AvgIpc) is 2.30. The number of carbonyl (C=O) groups excluding carboxylic acids is 1. The maximum atomic E-state index is 12.3. The lowest BCUT2D eigenvalue weighted by Crippen LogP contribution is -2.46. The summed E-state index contributed by atoms with van der Waals surface area (Å²) in [4.78, 5) is 14.0. The van der Waals surface area contributed by atoms with Gasteiger partial charge in [-0.25, -0.2) is 0 Å². The van der Waals surface area contributed by atoms with E-state index in [1.165, 1.54) is 0 Å². The first-order valence-electron chi connectivity index (χ1n) is 5.44. The zero-order valence-electron chi connectivity index (χ0n) is 10.6. The van der Waals surface area contributed by atoms with E-state index >= 15 is 0 Å². The van der Waals surface area contributed by atoms with Crippen LogP contribution in [0.15, 0.2) is 18.2 Å². The first-order valence-corrected chi connectivity index (χ1v) is 6.56. The molecule has 1 rings (SSSR count). The number of benzene rings is 1. The molecule has 3 nitrogen and oxygen atoms in total. The number of nitrogens with zero attached hydrogens (tertiary/aromatic N) is 1. The fraction of sp³-hybridized carbons (Fsp3) is 0.462. The Bertz CT molecular complexity index is 429. The van der Waals surface area contributed by atoms with Crippen molar-refractivity contribution in [2.75, 3.05) is 12.4 Å². The molecule has 0 aliphatic heterocycles. The monoisotopic (exact) mass is 299 g/mol. The lowest BCUT2D eigenvalue weighted by molar-refractivity contribution is 0.0662. The molecule has 0 fully saturated rings. The number of rotatable bonds is 3. The molecule has 1 aromatic carbocycles. The highest BCUT2D eigenvalue weighted by atomic mass is 79.9. The second-order valence-corrected chi connectivity index (χ2v) is 5.32. The number of aromatic hydroxyl groups is 1. The molecule has 0 aromatic heterocycles. The van der Waals surface area contributed by atoms with E-state index < -0.39 is 0 Å². The number of phenols is 1. The third-order valence-corrected chi connectivity index (χ3v) is 4.45. The summed E-state index contributed by atoms with van der Waals surface area (Å²) >= 11 is 3.40. The van der Waals surface area contributed by atoms with Gasteiger partial charge < -0.3 is 10.0 Å². The van der Waals surface area contributed by atoms with Crippen LogP contribution in [0.1, 0.15) is 29.8 Å². The van der Waals surface area contributed by atoms with E-state index in [9.17, 15) is 9.90 Å². The fourth-order valence-corrected chi connectivity index (χ4v) is 1.78. The number of alkyl halides is 1. The maximum absolute atomic E-state index is 12.3. The largest absolute Gasteiger partial charge is 0.508 e. The molecule has 0 radical (unpaired) electrons. The first kappa shape index (κ1) is 14.0. The Morgan fingerprint density at radius 3 is 2.59 bits per heavy atom. The molecule has 1 N–H and O–H groups in total. The molecule has 1 amide bonds. The van der Waals surface area contributed by atoms with Crippen molar-refractivity contribution in [3.63, 3.8) is 0 Å². The highest BCUT2D eigenvalue weighted by molar-refractivity contribution is 9.09. The Kier molecular flexibility index (Phi) is 4.20. The van der Waals surface area contributed by atoms with Gasteiger partial charge in [0.2, 0.25) is 0 Å². The minimum Gasteiger partial charge on any atom is -0.508 e. The number of halogens is 1. The van der Waals surface area contributed by atoms with Crippen LogP contribution < -0.4 is 0 Å². The summed E-state index contributed by atoms with van der Waals surface area (Å²) in [5.41, 5.74) is 0.894. The van der Waals surface area contributed by atoms with Gasteiger partial charge in [-0.05, 0) is 32.9 Å². The summed E-state index contributed by atoms with van der Waals surface area (Å²) in [7, 11) is 1.77. The van der Waals surface area contributed by atoms with E-state index in [1.54, 1.807) is 37.1 Å². The molecule has 0 bridgehead atoms. The second kappa shape index (κ2) is 5.08. The SMILES string of the molecule is Cc1c(O)cccc1C(=O)N(C)C(C)(C)CBr. The van der Waals surface area contributed by atoms with E-state index in [4.69, 9.17) is 0 Å². The Morgan fingerprint density at radius 1 is 1.47 bits per heavy atom. The van der Waals surface area contributed by atoms with Gasteiger partial charge in [0.25, 0.3) is 5.91 Å². The lowest BCUT2D eigenvalue weighted by atomic mass is 10.0. The van der Waals surface area contributed by atoms with Gasteiger partial charge >= 0.3 is 0 Å². The minimum atomic E-state index is -0.269. The van der Waals surface area contributed by atoms with Crippen molar-refractivity contribution in [1.82, 2.24) is 4.90 Å². The number of hydrogen-bond acceptors (Lipinski definition) is 2. The summed E-state index contributed by atoms with van der Waals surface area (Å²) < 4.78 is 0. The predicted octanol–water partition coefficient (Wildman–Crippen LogP) is 2.95. The Hall–Kier alpha value is -1.03. The molecule has 0 aliphatic carbocycles. The van der Waals surface area contributed by atoms with Gasteiger partial charge in [-0.15, -0.1) is 0 Å². The molecule has 0 atom stereocenters. The normalized spacial score (nSPS) is 11.4. The molecule has 1 aromatic rings. The van der Waals surface area contributed by atoms with Crippen LogP contribution in [-0.2, 0) is 0 Å². The maximum Gasteiger partial charge on any atom is 0.254 e. The van der Waals surface area contributed by atoms with Crippen LogP contribution in [0.2, 0.25) is 0 Å². The van der Waals surface area contributed by atoms with Gasteiger partial charge in [-0.1, -0.05) is 22.0 Å². The van der Waals surface area contributed by atoms with Crippen molar-refractivity contribution >= 4 is 21.8 Å². The summed E-state index contributed by atoms with van der Waals surface area (Å²) in [5, 5.41) is 10.3. The van der Waals surface area contributed by atoms with Crippen LogP contribution in [0.4, 0.5) is 0 Å². The van der Waals surface area contributed by atoms with Crippen LogP contribution >= 0.6 is 15.9 Å². The highest BCUT2D eigenvalue weighted by Crippen LogP contribution is 2.24. The fourth-order valence-electron chi connectivity index (χ4n) is 1.40. The van der Waals surface area contributed by atoms with Crippen molar-refractivity contribution in [1.29, 1.82) is 0 Å². The third kappa shape index (κ3) is 2.80. The Labute approximate surface area is 111 Å². The first-order chi connectivity index (χ1) is 7.81. The predicted molar refractivity (Wildman–Crippen MR) is 72.8 cm³/mol. The zero-order chi connectivity index (χ0) is 13.2. The van der Waals surface area contributed by atoms with Gasteiger partial charge in [0, 0.05) is 29.0 Å². The molecule has 0 heterocycles. The molecule has 17 heavy (non-hydrogen) atoms. The van der Waals surface area contributed by atoms with E-state index in [0.717, 1.165) is 0 Å². The van der Waals surface area contributed by atoms with Crippen LogP contribution in [0.25, 0.3) is 0 Å². The molecule has 94 valence electrons. The van der Waals surface area contributed by atoms with Crippen molar-refractivity contribution in [3.05, 3.63) is 29.3 Å². The molecule has 4 heteroatoms. The molecule has 0 unspecified atom stereocenters. The van der Waals surface area contributed by atoms with E-state index in [2.05, 4.69) is 15.9 Å². The summed E-state index contributed by atoms with van der Waals surface area (Å²) in [5.74, 6) is 0.0729. The number of carbonyl (C=O) groups is 1. The average molecular weight is 300 g/mol. The number of hydrogen-bond donors (Lipinski definition) is 1. The van der Waals surface area contributed by atoms with Crippen LogP contribution in [0.5, 0.6) is 5.75 Å².